The minimum atomic E-state index is -4.99. The van der Waals surface area contributed by atoms with Gasteiger partial charge in [0.25, 0.3) is 11.6 Å². The molecule has 1 amide bonds. The summed E-state index contributed by atoms with van der Waals surface area (Å²) in [5.74, 6) is -0.751. The molecule has 0 aliphatic carbocycles. The van der Waals surface area contributed by atoms with Gasteiger partial charge in [-0.1, -0.05) is 23.2 Å². The van der Waals surface area contributed by atoms with E-state index in [0.29, 0.717) is 22.4 Å². The number of nitrogens with one attached hydrogen (secondary N) is 1. The van der Waals surface area contributed by atoms with E-state index in [1.165, 1.54) is 12.1 Å². The molecule has 1 aromatic heterocycles. The summed E-state index contributed by atoms with van der Waals surface area (Å²) in [7, 11) is 0. The van der Waals surface area contributed by atoms with Gasteiger partial charge >= 0.3 is 6.18 Å². The van der Waals surface area contributed by atoms with E-state index < -0.39 is 39.5 Å². The zero-order chi connectivity index (χ0) is 24.3. The minimum Gasteiger partial charge on any atom is -0.457 e. The first kappa shape index (κ1) is 23.8. The van der Waals surface area contributed by atoms with Crippen molar-refractivity contribution in [2.45, 2.75) is 6.18 Å². The van der Waals surface area contributed by atoms with Crippen LogP contribution in [-0.2, 0) is 11.0 Å². The van der Waals surface area contributed by atoms with Crippen molar-refractivity contribution in [2.75, 3.05) is 5.32 Å². The predicted octanol–water partition coefficient (Wildman–Crippen LogP) is 6.73. The molecule has 0 aliphatic heterocycles. The number of anilines is 1. The topological polar surface area (TPSA) is 109 Å². The average Bonchev–Trinajstić information content (AvgIpc) is 3.21. The van der Waals surface area contributed by atoms with Gasteiger partial charge in [0, 0.05) is 23.8 Å². The molecule has 168 valence electrons. The fraction of sp³-hybridized carbons (Fsp3) is 0.0476. The van der Waals surface area contributed by atoms with Crippen molar-refractivity contribution in [1.29, 1.82) is 5.26 Å². The summed E-state index contributed by atoms with van der Waals surface area (Å²) >= 11 is 11.8. The summed E-state index contributed by atoms with van der Waals surface area (Å²) < 4.78 is 45.5. The molecule has 12 heteroatoms. The number of nitro benzene ring substituents is 1. The Bertz CT molecular complexity index is 1330. The van der Waals surface area contributed by atoms with Crippen LogP contribution in [0.2, 0.25) is 10.0 Å². The lowest BCUT2D eigenvalue weighted by atomic mass is 10.1. The molecule has 0 unspecified atom stereocenters. The van der Waals surface area contributed by atoms with Gasteiger partial charge in [-0.2, -0.15) is 18.4 Å². The number of rotatable bonds is 5. The average molecular weight is 496 g/mol. The maximum atomic E-state index is 13.3. The number of benzene rings is 2. The van der Waals surface area contributed by atoms with E-state index in [9.17, 15) is 33.3 Å². The zero-order valence-corrected chi connectivity index (χ0v) is 17.6. The van der Waals surface area contributed by atoms with Crippen molar-refractivity contribution in [2.24, 2.45) is 0 Å². The Morgan fingerprint density at radius 1 is 1.12 bits per heavy atom. The van der Waals surface area contributed by atoms with Crippen molar-refractivity contribution < 1.29 is 27.3 Å². The number of hydrogen-bond acceptors (Lipinski definition) is 5. The van der Waals surface area contributed by atoms with Crippen LogP contribution in [0.25, 0.3) is 17.4 Å². The third-order valence-corrected chi connectivity index (χ3v) is 4.99. The lowest BCUT2D eigenvalue weighted by molar-refractivity contribution is -0.385. The maximum Gasteiger partial charge on any atom is 0.418 e. The van der Waals surface area contributed by atoms with Crippen molar-refractivity contribution in [3.05, 3.63) is 85.6 Å². The Kier molecular flexibility index (Phi) is 6.76. The third-order valence-electron chi connectivity index (χ3n) is 4.25. The van der Waals surface area contributed by atoms with Crippen LogP contribution in [0.4, 0.5) is 24.5 Å². The van der Waals surface area contributed by atoms with Crippen LogP contribution in [-0.4, -0.2) is 10.8 Å². The number of halogens is 5. The van der Waals surface area contributed by atoms with Gasteiger partial charge in [0.1, 0.15) is 23.2 Å². The first-order chi connectivity index (χ1) is 15.5. The normalized spacial score (nSPS) is 11.7. The number of hydrogen-bond donors (Lipinski definition) is 1. The summed E-state index contributed by atoms with van der Waals surface area (Å²) in [4.78, 5) is 22.2. The molecule has 0 saturated carbocycles. The molecule has 0 saturated heterocycles. The standard InChI is InChI=1S/C21H10Cl2F3N3O4/c22-16-4-1-11(8-17(16)23)19-6-3-14(33-19)7-12(10-27)20(30)28-18-5-2-13(29(31)32)9-15(18)21(24,25)26/h1-9H,(H,28,30)/b12-7+. The maximum absolute atomic E-state index is 13.3. The highest BCUT2D eigenvalue weighted by atomic mass is 35.5. The molecule has 3 rings (SSSR count). The van der Waals surface area contributed by atoms with Crippen molar-refractivity contribution in [1.82, 2.24) is 0 Å². The number of nitro groups is 1. The second-order valence-electron chi connectivity index (χ2n) is 6.44. The van der Waals surface area contributed by atoms with Crippen LogP contribution >= 0.6 is 23.2 Å². The second kappa shape index (κ2) is 9.36. The fourth-order valence-electron chi connectivity index (χ4n) is 2.70. The van der Waals surface area contributed by atoms with Crippen LogP contribution in [0.1, 0.15) is 11.3 Å². The quantitative estimate of drug-likeness (QED) is 0.182. The summed E-state index contributed by atoms with van der Waals surface area (Å²) in [5.41, 5.74) is -2.97. The van der Waals surface area contributed by atoms with Crippen molar-refractivity contribution in [3.63, 3.8) is 0 Å². The number of amides is 1. The Labute approximate surface area is 193 Å². The van der Waals surface area contributed by atoms with E-state index >= 15 is 0 Å². The van der Waals surface area contributed by atoms with Gasteiger partial charge in [-0.3, -0.25) is 14.9 Å². The molecule has 0 radical (unpaired) electrons. The molecule has 0 spiro atoms. The first-order valence-electron chi connectivity index (χ1n) is 8.83. The SMILES string of the molecule is N#C/C(=C\c1ccc(-c2ccc(Cl)c(Cl)c2)o1)C(=O)Nc1ccc([N+](=O)[O-])cc1C(F)(F)F. The summed E-state index contributed by atoms with van der Waals surface area (Å²) in [6.45, 7) is 0. The number of furan rings is 1. The van der Waals surface area contributed by atoms with Crippen LogP contribution < -0.4 is 5.32 Å². The van der Waals surface area contributed by atoms with Crippen LogP contribution in [0.15, 0.2) is 58.5 Å². The van der Waals surface area contributed by atoms with Gasteiger partial charge < -0.3 is 9.73 Å². The number of non-ortho nitro benzene ring substituents is 1. The van der Waals surface area contributed by atoms with E-state index in [2.05, 4.69) is 0 Å². The number of nitriles is 1. The van der Waals surface area contributed by atoms with Gasteiger partial charge in [-0.05, 0) is 36.4 Å². The third kappa shape index (κ3) is 5.52. The van der Waals surface area contributed by atoms with E-state index in [1.807, 2.05) is 5.32 Å². The molecule has 33 heavy (non-hydrogen) atoms. The monoisotopic (exact) mass is 495 g/mol. The zero-order valence-electron chi connectivity index (χ0n) is 16.1. The van der Waals surface area contributed by atoms with E-state index in [0.717, 1.165) is 18.2 Å². The highest BCUT2D eigenvalue weighted by Crippen LogP contribution is 2.37. The predicted molar refractivity (Wildman–Crippen MR) is 114 cm³/mol. The van der Waals surface area contributed by atoms with Gasteiger partial charge in [0.15, 0.2) is 0 Å². The lowest BCUT2D eigenvalue weighted by Gasteiger charge is -2.13. The van der Waals surface area contributed by atoms with Gasteiger partial charge in [0.2, 0.25) is 0 Å². The van der Waals surface area contributed by atoms with E-state index in [-0.39, 0.29) is 10.8 Å². The first-order valence-corrected chi connectivity index (χ1v) is 9.59. The van der Waals surface area contributed by atoms with Crippen LogP contribution in [0, 0.1) is 21.4 Å². The number of nitrogens with zero attached hydrogens (tertiary/aromatic N) is 2. The molecule has 7 nitrogen and oxygen atoms in total. The molecule has 1 N–H and O–H groups in total. The largest absolute Gasteiger partial charge is 0.457 e. The molecular formula is C21H10Cl2F3N3O4. The Morgan fingerprint density at radius 3 is 2.45 bits per heavy atom. The smallest absolute Gasteiger partial charge is 0.418 e. The summed E-state index contributed by atoms with van der Waals surface area (Å²) in [5, 5.41) is 22.7. The highest BCUT2D eigenvalue weighted by Gasteiger charge is 2.36. The lowest BCUT2D eigenvalue weighted by Crippen LogP contribution is -2.18. The molecular weight excluding hydrogens is 486 g/mol. The van der Waals surface area contributed by atoms with Crippen LogP contribution in [0.5, 0.6) is 0 Å². The summed E-state index contributed by atoms with van der Waals surface area (Å²) in [6, 6.07) is 11.1. The van der Waals surface area contributed by atoms with Gasteiger partial charge in [-0.15, -0.1) is 0 Å². The highest BCUT2D eigenvalue weighted by molar-refractivity contribution is 6.42. The molecule has 0 aliphatic rings. The van der Waals surface area contributed by atoms with E-state index in [4.69, 9.17) is 27.6 Å². The van der Waals surface area contributed by atoms with Gasteiger partial charge in [0.05, 0.1) is 26.2 Å². The molecule has 0 atom stereocenters. The number of carbonyl (C=O) groups excluding carboxylic acids is 1. The molecule has 1 heterocycles. The number of alkyl halides is 3. The molecule has 0 bridgehead atoms. The Morgan fingerprint density at radius 2 is 1.85 bits per heavy atom. The minimum absolute atomic E-state index is 0.0718. The summed E-state index contributed by atoms with van der Waals surface area (Å²) in [6.07, 6.45) is -3.95. The number of carbonyl (C=O) groups is 1. The van der Waals surface area contributed by atoms with Gasteiger partial charge in [-0.25, -0.2) is 0 Å². The Balaban J connectivity index is 1.88. The van der Waals surface area contributed by atoms with E-state index in [1.54, 1.807) is 24.3 Å². The molecule has 3 aromatic rings. The molecule has 0 fully saturated rings. The fourth-order valence-corrected chi connectivity index (χ4v) is 3.00. The van der Waals surface area contributed by atoms with Crippen molar-refractivity contribution >= 4 is 46.6 Å². The Hall–Kier alpha value is -3.81. The second-order valence-corrected chi connectivity index (χ2v) is 7.25. The van der Waals surface area contributed by atoms with Crippen LogP contribution in [0.3, 0.4) is 0 Å². The molecule has 2 aromatic carbocycles. The van der Waals surface area contributed by atoms with Crippen molar-refractivity contribution in [3.8, 4) is 17.4 Å².